The van der Waals surface area contributed by atoms with E-state index < -0.39 is 11.7 Å². The fraction of sp³-hybridized carbons (Fsp3) is 0.316. The Morgan fingerprint density at radius 3 is 2.41 bits per heavy atom. The van der Waals surface area contributed by atoms with Gasteiger partial charge in [0.1, 0.15) is 10.7 Å². The summed E-state index contributed by atoms with van der Waals surface area (Å²) in [5.41, 5.74) is 1.20. The van der Waals surface area contributed by atoms with E-state index in [9.17, 15) is 18.0 Å². The van der Waals surface area contributed by atoms with Crippen molar-refractivity contribution in [2.24, 2.45) is 0 Å². The van der Waals surface area contributed by atoms with E-state index in [-0.39, 0.29) is 5.91 Å². The fourth-order valence-electron chi connectivity index (χ4n) is 3.03. The van der Waals surface area contributed by atoms with Crippen molar-refractivity contribution < 1.29 is 18.0 Å². The van der Waals surface area contributed by atoms with Crippen molar-refractivity contribution in [2.75, 3.05) is 5.32 Å². The average Bonchev–Trinajstić information content (AvgIpc) is 3.38. The van der Waals surface area contributed by atoms with Gasteiger partial charge in [-0.15, -0.1) is 11.3 Å². The summed E-state index contributed by atoms with van der Waals surface area (Å²) in [6.07, 6.45) is -2.22. The van der Waals surface area contributed by atoms with Crippen molar-refractivity contribution in [1.29, 1.82) is 0 Å². The van der Waals surface area contributed by atoms with E-state index in [2.05, 4.69) is 15.3 Å². The number of anilines is 1. The molecule has 1 fully saturated rings. The summed E-state index contributed by atoms with van der Waals surface area (Å²) < 4.78 is 38.0. The van der Waals surface area contributed by atoms with Gasteiger partial charge in [-0.3, -0.25) is 4.79 Å². The van der Waals surface area contributed by atoms with Gasteiger partial charge in [0.15, 0.2) is 0 Å². The van der Waals surface area contributed by atoms with E-state index in [0.29, 0.717) is 16.5 Å². The smallest absolute Gasteiger partial charge is 0.321 e. The van der Waals surface area contributed by atoms with Gasteiger partial charge in [0, 0.05) is 17.0 Å². The van der Waals surface area contributed by atoms with Crippen LogP contribution in [0, 0.1) is 13.8 Å². The molecule has 0 atom stereocenters. The van der Waals surface area contributed by atoms with Crippen LogP contribution in [0.15, 0.2) is 24.3 Å². The van der Waals surface area contributed by atoms with Crippen LogP contribution in [0.3, 0.4) is 0 Å². The van der Waals surface area contributed by atoms with E-state index in [0.717, 1.165) is 52.3 Å². The quantitative estimate of drug-likeness (QED) is 0.645. The monoisotopic (exact) mass is 391 g/mol. The van der Waals surface area contributed by atoms with E-state index in [1.807, 2.05) is 13.8 Å². The Morgan fingerprint density at radius 2 is 1.81 bits per heavy atom. The molecule has 2 aromatic heterocycles. The second-order valence-corrected chi connectivity index (χ2v) is 7.71. The zero-order chi connectivity index (χ0) is 19.3. The number of fused-ring (bicyclic) bond motifs is 1. The number of amides is 1. The predicted molar refractivity (Wildman–Crippen MR) is 98.3 cm³/mol. The molecule has 4 rings (SSSR count). The van der Waals surface area contributed by atoms with Crippen LogP contribution in [0.1, 0.15) is 51.1 Å². The van der Waals surface area contributed by atoms with Crippen LogP contribution in [0.4, 0.5) is 18.9 Å². The van der Waals surface area contributed by atoms with Crippen LogP contribution in [0.5, 0.6) is 0 Å². The molecule has 0 saturated heterocycles. The van der Waals surface area contributed by atoms with E-state index in [1.165, 1.54) is 23.5 Å². The maximum Gasteiger partial charge on any atom is 0.416 e. The van der Waals surface area contributed by atoms with Crippen molar-refractivity contribution >= 4 is 33.1 Å². The van der Waals surface area contributed by atoms with Crippen LogP contribution in [-0.4, -0.2) is 15.9 Å². The Morgan fingerprint density at radius 1 is 1.15 bits per heavy atom. The molecule has 0 aliphatic heterocycles. The van der Waals surface area contributed by atoms with Crippen molar-refractivity contribution in [3.05, 3.63) is 51.8 Å². The van der Waals surface area contributed by atoms with E-state index in [1.54, 1.807) is 0 Å². The normalized spacial score (nSPS) is 14.6. The highest BCUT2D eigenvalue weighted by Crippen LogP contribution is 2.40. The molecule has 1 N–H and O–H groups in total. The highest BCUT2D eigenvalue weighted by Gasteiger charge is 2.30. The minimum absolute atomic E-state index is 0.311. The number of halogens is 3. The highest BCUT2D eigenvalue weighted by atomic mass is 32.1. The number of thiophene rings is 1. The second-order valence-electron chi connectivity index (χ2n) is 6.71. The molecule has 1 aliphatic carbocycles. The van der Waals surface area contributed by atoms with Crippen LogP contribution in [0.2, 0.25) is 0 Å². The average molecular weight is 391 g/mol. The molecule has 3 aromatic rings. The maximum absolute atomic E-state index is 12.7. The molecule has 1 saturated carbocycles. The lowest BCUT2D eigenvalue weighted by Crippen LogP contribution is -2.12. The zero-order valence-electron chi connectivity index (χ0n) is 14.6. The number of nitrogens with one attached hydrogen (secondary N) is 1. The number of alkyl halides is 3. The number of aryl methyl sites for hydroxylation is 2. The summed E-state index contributed by atoms with van der Waals surface area (Å²) in [5.74, 6) is 0.888. The molecular weight excluding hydrogens is 375 g/mol. The summed E-state index contributed by atoms with van der Waals surface area (Å²) >= 11 is 1.29. The number of aromatic nitrogens is 2. The molecule has 0 spiro atoms. The first-order chi connectivity index (χ1) is 12.7. The van der Waals surface area contributed by atoms with Gasteiger partial charge in [-0.1, -0.05) is 0 Å². The largest absolute Gasteiger partial charge is 0.416 e. The van der Waals surface area contributed by atoms with Crippen molar-refractivity contribution in [1.82, 2.24) is 9.97 Å². The second kappa shape index (κ2) is 6.30. The van der Waals surface area contributed by atoms with Crippen molar-refractivity contribution in [3.8, 4) is 0 Å². The highest BCUT2D eigenvalue weighted by molar-refractivity contribution is 7.20. The SMILES string of the molecule is Cc1nc(C2CC2)nc2sc(C(=O)Nc3ccc(C(F)(F)F)cc3)c(C)c12. The summed E-state index contributed by atoms with van der Waals surface area (Å²) in [6, 6.07) is 4.40. The predicted octanol–water partition coefficient (Wildman–Crippen LogP) is 5.46. The summed E-state index contributed by atoms with van der Waals surface area (Å²) in [4.78, 5) is 23.1. The van der Waals surface area contributed by atoms with Gasteiger partial charge in [-0.05, 0) is 56.5 Å². The summed E-state index contributed by atoms with van der Waals surface area (Å²) in [5, 5.41) is 3.54. The van der Waals surface area contributed by atoms with Gasteiger partial charge in [0.25, 0.3) is 5.91 Å². The molecule has 8 heteroatoms. The first-order valence-electron chi connectivity index (χ1n) is 8.50. The first kappa shape index (κ1) is 17.9. The maximum atomic E-state index is 12.7. The molecule has 4 nitrogen and oxygen atoms in total. The number of hydrogen-bond acceptors (Lipinski definition) is 4. The Labute approximate surface area is 157 Å². The van der Waals surface area contributed by atoms with E-state index >= 15 is 0 Å². The molecular formula is C19H16F3N3OS. The number of benzene rings is 1. The minimum Gasteiger partial charge on any atom is -0.321 e. The molecule has 140 valence electrons. The first-order valence-corrected chi connectivity index (χ1v) is 9.32. The molecule has 0 radical (unpaired) electrons. The Kier molecular flexibility index (Phi) is 4.18. The zero-order valence-corrected chi connectivity index (χ0v) is 15.5. The summed E-state index contributed by atoms with van der Waals surface area (Å²) in [6.45, 7) is 3.75. The molecule has 1 amide bonds. The van der Waals surface area contributed by atoms with Gasteiger partial charge in [0.2, 0.25) is 0 Å². The number of carbonyl (C=O) groups excluding carboxylic acids is 1. The molecule has 0 bridgehead atoms. The van der Waals surface area contributed by atoms with Gasteiger partial charge < -0.3 is 5.32 Å². The van der Waals surface area contributed by atoms with Crippen LogP contribution in [-0.2, 0) is 6.18 Å². The van der Waals surface area contributed by atoms with Gasteiger partial charge in [-0.25, -0.2) is 9.97 Å². The van der Waals surface area contributed by atoms with Crippen molar-refractivity contribution in [2.45, 2.75) is 38.8 Å². The van der Waals surface area contributed by atoms with E-state index in [4.69, 9.17) is 0 Å². The topological polar surface area (TPSA) is 54.9 Å². The number of nitrogens with zero attached hydrogens (tertiary/aromatic N) is 2. The number of rotatable bonds is 3. The third kappa shape index (κ3) is 3.41. The Balaban J connectivity index is 1.62. The lowest BCUT2D eigenvalue weighted by Gasteiger charge is -2.08. The van der Waals surface area contributed by atoms with Gasteiger partial charge in [0.05, 0.1) is 16.1 Å². The lowest BCUT2D eigenvalue weighted by atomic mass is 10.1. The molecule has 2 heterocycles. The van der Waals surface area contributed by atoms with Gasteiger partial charge in [-0.2, -0.15) is 13.2 Å². The standard InChI is InChI=1S/C19H16F3N3OS/c1-9-14-10(2)23-16(11-3-4-11)25-18(14)27-15(9)17(26)24-13-7-5-12(6-8-13)19(20,21)22/h5-8,11H,3-4H2,1-2H3,(H,24,26). The van der Waals surface area contributed by atoms with Crippen molar-refractivity contribution in [3.63, 3.8) is 0 Å². The van der Waals surface area contributed by atoms with Crippen LogP contribution >= 0.6 is 11.3 Å². The molecule has 0 unspecified atom stereocenters. The third-order valence-electron chi connectivity index (χ3n) is 4.61. The minimum atomic E-state index is -4.40. The molecule has 1 aliphatic rings. The van der Waals surface area contributed by atoms with Gasteiger partial charge >= 0.3 is 6.18 Å². The molecule has 27 heavy (non-hydrogen) atoms. The van der Waals surface area contributed by atoms with Crippen LogP contribution in [0.25, 0.3) is 10.2 Å². The fourth-order valence-corrected chi connectivity index (χ4v) is 4.17. The summed E-state index contributed by atoms with van der Waals surface area (Å²) in [7, 11) is 0. The Bertz CT molecular complexity index is 1040. The Hall–Kier alpha value is -2.48. The van der Waals surface area contributed by atoms with Crippen LogP contribution < -0.4 is 5.32 Å². The molecule has 1 aromatic carbocycles. The number of hydrogen-bond donors (Lipinski definition) is 1. The number of carbonyl (C=O) groups is 1. The third-order valence-corrected chi connectivity index (χ3v) is 5.79. The lowest BCUT2D eigenvalue weighted by molar-refractivity contribution is -0.137.